The van der Waals surface area contributed by atoms with Crippen LogP contribution in [0.15, 0.2) is 18.5 Å². The number of nitrogens with zero attached hydrogens (tertiary/aromatic N) is 3. The molecule has 0 N–H and O–H groups in total. The van der Waals surface area contributed by atoms with Gasteiger partial charge in [0.05, 0.1) is 5.52 Å². The summed E-state index contributed by atoms with van der Waals surface area (Å²) in [7, 11) is 1.87. The normalized spacial score (nSPS) is 10.7. The smallest absolute Gasteiger partial charge is 0.131 e. The van der Waals surface area contributed by atoms with E-state index in [-0.39, 0.29) is 0 Å². The molecular weight excluding hydrogens is 162 g/mol. The molecule has 3 nitrogen and oxygen atoms in total. The van der Waals surface area contributed by atoms with Gasteiger partial charge in [-0.3, -0.25) is 4.68 Å². The van der Waals surface area contributed by atoms with E-state index < -0.39 is 0 Å². The number of hydrogen-bond donors (Lipinski definition) is 0. The quantitative estimate of drug-likeness (QED) is 0.559. The first kappa shape index (κ1) is 6.61. The first-order chi connectivity index (χ1) is 5.25. The minimum Gasteiger partial charge on any atom is -0.275 e. The number of fused-ring (bicyclic) bond motifs is 1. The molecule has 0 saturated carbocycles. The Bertz CT molecular complexity index is 393. The number of aromatic nitrogens is 3. The first-order valence-corrected chi connectivity index (χ1v) is 3.58. The molecule has 2 aromatic heterocycles. The highest BCUT2D eigenvalue weighted by Crippen LogP contribution is 2.13. The second kappa shape index (κ2) is 2.20. The summed E-state index contributed by atoms with van der Waals surface area (Å²) in [5, 5.41) is 5.66. The fraction of sp³-hybridized carbons (Fsp3) is 0.143. The monoisotopic (exact) mass is 167 g/mol. The number of aryl methyl sites for hydroxylation is 1. The van der Waals surface area contributed by atoms with Crippen molar-refractivity contribution < 1.29 is 0 Å². The Balaban J connectivity index is 2.82. The van der Waals surface area contributed by atoms with Crippen molar-refractivity contribution in [1.29, 1.82) is 0 Å². The van der Waals surface area contributed by atoms with Crippen LogP contribution in [-0.2, 0) is 7.05 Å². The average Bonchev–Trinajstić information content (AvgIpc) is 2.27. The lowest BCUT2D eigenvalue weighted by molar-refractivity contribution is 0.780. The summed E-state index contributed by atoms with van der Waals surface area (Å²) < 4.78 is 1.74. The van der Waals surface area contributed by atoms with Gasteiger partial charge in [0.15, 0.2) is 0 Å². The summed E-state index contributed by atoms with van der Waals surface area (Å²) in [6, 6.07) is 1.75. The van der Waals surface area contributed by atoms with Gasteiger partial charge in [-0.2, -0.15) is 5.10 Å². The standard InChI is InChI=1S/C7H6ClN3/c1-11-4-5-3-9-7(8)2-6(5)10-11/h2-4H,1H3. The molecule has 0 fully saturated rings. The summed E-state index contributed by atoms with van der Waals surface area (Å²) in [5.41, 5.74) is 0.882. The van der Waals surface area contributed by atoms with E-state index in [4.69, 9.17) is 11.6 Å². The first-order valence-electron chi connectivity index (χ1n) is 3.20. The van der Waals surface area contributed by atoms with Crippen molar-refractivity contribution in [2.24, 2.45) is 7.05 Å². The zero-order valence-electron chi connectivity index (χ0n) is 5.95. The lowest BCUT2D eigenvalue weighted by Crippen LogP contribution is -1.84. The topological polar surface area (TPSA) is 30.7 Å². The minimum atomic E-state index is 0.483. The highest BCUT2D eigenvalue weighted by molar-refractivity contribution is 6.29. The van der Waals surface area contributed by atoms with E-state index in [1.165, 1.54) is 0 Å². The van der Waals surface area contributed by atoms with E-state index in [0.717, 1.165) is 10.9 Å². The van der Waals surface area contributed by atoms with Crippen LogP contribution in [0.1, 0.15) is 0 Å². The van der Waals surface area contributed by atoms with Gasteiger partial charge >= 0.3 is 0 Å². The van der Waals surface area contributed by atoms with Gasteiger partial charge in [0, 0.05) is 30.9 Å². The van der Waals surface area contributed by atoms with Crippen molar-refractivity contribution in [3.8, 4) is 0 Å². The molecule has 2 heterocycles. The molecule has 0 saturated heterocycles. The molecule has 0 amide bonds. The molecular formula is C7H6ClN3. The van der Waals surface area contributed by atoms with Crippen LogP contribution in [0, 0.1) is 0 Å². The summed E-state index contributed by atoms with van der Waals surface area (Å²) in [6.07, 6.45) is 3.61. The largest absolute Gasteiger partial charge is 0.275 e. The zero-order valence-corrected chi connectivity index (χ0v) is 6.71. The zero-order chi connectivity index (χ0) is 7.84. The Morgan fingerprint density at radius 2 is 2.36 bits per heavy atom. The Hall–Kier alpha value is -1.09. The Kier molecular flexibility index (Phi) is 1.32. The van der Waals surface area contributed by atoms with E-state index >= 15 is 0 Å². The molecule has 0 unspecified atom stereocenters. The van der Waals surface area contributed by atoms with Gasteiger partial charge in [0.2, 0.25) is 0 Å². The third-order valence-electron chi connectivity index (χ3n) is 1.47. The van der Waals surface area contributed by atoms with Crippen LogP contribution in [0.4, 0.5) is 0 Å². The molecule has 0 aromatic carbocycles. The van der Waals surface area contributed by atoms with Crippen molar-refractivity contribution in [3.05, 3.63) is 23.6 Å². The number of pyridine rings is 1. The van der Waals surface area contributed by atoms with E-state index in [0.29, 0.717) is 5.15 Å². The lowest BCUT2D eigenvalue weighted by Gasteiger charge is -1.85. The molecule has 11 heavy (non-hydrogen) atoms. The fourth-order valence-electron chi connectivity index (χ4n) is 1.02. The van der Waals surface area contributed by atoms with E-state index in [9.17, 15) is 0 Å². The molecule has 0 bridgehead atoms. The highest BCUT2D eigenvalue weighted by atomic mass is 35.5. The van der Waals surface area contributed by atoms with Crippen LogP contribution in [0.3, 0.4) is 0 Å². The maximum atomic E-state index is 5.67. The van der Waals surface area contributed by atoms with Gasteiger partial charge in [0.1, 0.15) is 5.15 Å². The molecule has 0 spiro atoms. The molecule has 0 aliphatic carbocycles. The lowest BCUT2D eigenvalue weighted by atomic mass is 10.3. The van der Waals surface area contributed by atoms with Gasteiger partial charge in [-0.25, -0.2) is 4.98 Å². The van der Waals surface area contributed by atoms with E-state index in [1.807, 2.05) is 13.2 Å². The molecule has 2 aromatic rings. The Morgan fingerprint density at radius 3 is 3.18 bits per heavy atom. The summed E-state index contributed by atoms with van der Waals surface area (Å²) in [5.74, 6) is 0. The summed E-state index contributed by atoms with van der Waals surface area (Å²) >= 11 is 5.67. The van der Waals surface area contributed by atoms with Crippen molar-refractivity contribution in [2.75, 3.05) is 0 Å². The average molecular weight is 168 g/mol. The third kappa shape index (κ3) is 1.07. The van der Waals surface area contributed by atoms with Crippen molar-refractivity contribution in [3.63, 3.8) is 0 Å². The second-order valence-corrected chi connectivity index (χ2v) is 2.76. The van der Waals surface area contributed by atoms with Crippen molar-refractivity contribution in [2.45, 2.75) is 0 Å². The maximum Gasteiger partial charge on any atom is 0.131 e. The molecule has 0 aliphatic heterocycles. The van der Waals surface area contributed by atoms with Crippen molar-refractivity contribution >= 4 is 22.5 Å². The highest BCUT2D eigenvalue weighted by Gasteiger charge is 1.98. The van der Waals surface area contributed by atoms with Crippen LogP contribution in [0.25, 0.3) is 10.9 Å². The maximum absolute atomic E-state index is 5.67. The molecule has 4 heteroatoms. The summed E-state index contributed by atoms with van der Waals surface area (Å²) in [4.78, 5) is 3.93. The predicted molar refractivity (Wildman–Crippen MR) is 43.5 cm³/mol. The Labute approximate surface area is 68.6 Å². The van der Waals surface area contributed by atoms with Gasteiger partial charge in [-0.1, -0.05) is 11.6 Å². The molecule has 0 aliphatic rings. The SMILES string of the molecule is Cn1cc2cnc(Cl)cc2n1. The van der Waals surface area contributed by atoms with E-state index in [1.54, 1.807) is 16.9 Å². The minimum absolute atomic E-state index is 0.483. The molecule has 0 radical (unpaired) electrons. The predicted octanol–water partition coefficient (Wildman–Crippen LogP) is 1.62. The van der Waals surface area contributed by atoms with Crippen LogP contribution in [-0.4, -0.2) is 14.8 Å². The van der Waals surface area contributed by atoms with Crippen LogP contribution in [0.5, 0.6) is 0 Å². The Morgan fingerprint density at radius 1 is 1.55 bits per heavy atom. The van der Waals surface area contributed by atoms with Gasteiger partial charge < -0.3 is 0 Å². The number of halogens is 1. The van der Waals surface area contributed by atoms with Crippen molar-refractivity contribution in [1.82, 2.24) is 14.8 Å². The van der Waals surface area contributed by atoms with Crippen LogP contribution in [0.2, 0.25) is 5.15 Å². The third-order valence-corrected chi connectivity index (χ3v) is 1.68. The van der Waals surface area contributed by atoms with Gasteiger partial charge in [0.25, 0.3) is 0 Å². The fourth-order valence-corrected chi connectivity index (χ4v) is 1.17. The van der Waals surface area contributed by atoms with E-state index in [2.05, 4.69) is 10.1 Å². The second-order valence-electron chi connectivity index (χ2n) is 2.37. The molecule has 2 rings (SSSR count). The summed E-state index contributed by atoms with van der Waals surface area (Å²) in [6.45, 7) is 0. The van der Waals surface area contributed by atoms with Crippen LogP contribution < -0.4 is 0 Å². The van der Waals surface area contributed by atoms with Crippen LogP contribution >= 0.6 is 11.6 Å². The molecule has 0 atom stereocenters. The van der Waals surface area contributed by atoms with Gasteiger partial charge in [-0.05, 0) is 0 Å². The molecule has 56 valence electrons. The number of hydrogen-bond acceptors (Lipinski definition) is 2. The van der Waals surface area contributed by atoms with Gasteiger partial charge in [-0.15, -0.1) is 0 Å². The number of rotatable bonds is 0.